The molecule has 0 saturated carbocycles. The smallest absolute Gasteiger partial charge is 0.0699 e. The van der Waals surface area contributed by atoms with E-state index in [9.17, 15) is 0 Å². The van der Waals surface area contributed by atoms with Crippen molar-refractivity contribution in [1.82, 2.24) is 5.32 Å². The number of likely N-dealkylation sites (N-methyl/N-ethyl adjacent to an activating group) is 1. The summed E-state index contributed by atoms with van der Waals surface area (Å²) in [7, 11) is 1.75. The van der Waals surface area contributed by atoms with Gasteiger partial charge in [-0.05, 0) is 40.2 Å². The lowest BCUT2D eigenvalue weighted by Gasteiger charge is -2.27. The summed E-state index contributed by atoms with van der Waals surface area (Å²) in [5, 5.41) is 3.44. The summed E-state index contributed by atoms with van der Waals surface area (Å²) in [5.74, 6) is 0. The number of ether oxygens (including phenoxy) is 2. The third-order valence-corrected chi connectivity index (χ3v) is 3.11. The van der Waals surface area contributed by atoms with Crippen LogP contribution < -0.4 is 5.32 Å². The molecule has 0 aliphatic carbocycles. The Hall–Kier alpha value is -0.120. The number of rotatable bonds is 9. The Balaban J connectivity index is 3.82. The van der Waals surface area contributed by atoms with Gasteiger partial charge in [0.15, 0.2) is 0 Å². The third kappa shape index (κ3) is 6.46. The molecule has 16 heavy (non-hydrogen) atoms. The van der Waals surface area contributed by atoms with E-state index in [4.69, 9.17) is 9.47 Å². The first-order chi connectivity index (χ1) is 7.46. The van der Waals surface area contributed by atoms with E-state index in [1.807, 2.05) is 0 Å². The van der Waals surface area contributed by atoms with Crippen molar-refractivity contribution in [2.75, 3.05) is 20.3 Å². The molecule has 3 heteroatoms. The summed E-state index contributed by atoms with van der Waals surface area (Å²) >= 11 is 0. The molecule has 0 bridgehead atoms. The van der Waals surface area contributed by atoms with Crippen LogP contribution >= 0.6 is 0 Å². The highest BCUT2D eigenvalue weighted by atomic mass is 16.5. The lowest BCUT2D eigenvalue weighted by molar-refractivity contribution is -0.0304. The fraction of sp³-hybridized carbons (Fsp3) is 1.00. The molecule has 0 aliphatic heterocycles. The van der Waals surface area contributed by atoms with E-state index in [1.165, 1.54) is 0 Å². The summed E-state index contributed by atoms with van der Waals surface area (Å²) in [6.45, 7) is 12.4. The Kier molecular flexibility index (Phi) is 7.98. The minimum Gasteiger partial charge on any atom is -0.379 e. The Morgan fingerprint density at radius 1 is 1.25 bits per heavy atom. The van der Waals surface area contributed by atoms with Crippen molar-refractivity contribution in [2.45, 2.75) is 65.2 Å². The van der Waals surface area contributed by atoms with E-state index >= 15 is 0 Å². The van der Waals surface area contributed by atoms with Crippen LogP contribution in [0.2, 0.25) is 0 Å². The van der Waals surface area contributed by atoms with Gasteiger partial charge in [-0.1, -0.05) is 13.8 Å². The van der Waals surface area contributed by atoms with Crippen molar-refractivity contribution in [3.05, 3.63) is 0 Å². The number of nitrogens with one attached hydrogen (secondary N) is 1. The molecule has 3 nitrogen and oxygen atoms in total. The lowest BCUT2D eigenvalue weighted by atomic mass is 10.1. The summed E-state index contributed by atoms with van der Waals surface area (Å²) in [6.07, 6.45) is 2.29. The first-order valence-corrected chi connectivity index (χ1v) is 6.37. The van der Waals surface area contributed by atoms with Gasteiger partial charge in [0.05, 0.1) is 11.7 Å². The Bertz CT molecular complexity index is 171. The Morgan fingerprint density at radius 2 is 1.88 bits per heavy atom. The van der Waals surface area contributed by atoms with Gasteiger partial charge in [-0.3, -0.25) is 0 Å². The zero-order chi connectivity index (χ0) is 12.6. The maximum atomic E-state index is 5.84. The van der Waals surface area contributed by atoms with Gasteiger partial charge in [-0.2, -0.15) is 0 Å². The largest absolute Gasteiger partial charge is 0.379 e. The van der Waals surface area contributed by atoms with E-state index in [2.05, 4.69) is 39.9 Å². The van der Waals surface area contributed by atoms with Crippen LogP contribution in [0.25, 0.3) is 0 Å². The Labute approximate surface area is 101 Å². The van der Waals surface area contributed by atoms with E-state index in [0.29, 0.717) is 6.04 Å². The summed E-state index contributed by atoms with van der Waals surface area (Å²) in [6, 6.07) is 0.454. The molecule has 1 N–H and O–H groups in total. The molecule has 0 aromatic heterocycles. The van der Waals surface area contributed by atoms with Gasteiger partial charge in [-0.25, -0.2) is 0 Å². The molecule has 0 fully saturated rings. The van der Waals surface area contributed by atoms with E-state index < -0.39 is 0 Å². The molecule has 2 atom stereocenters. The summed E-state index contributed by atoms with van der Waals surface area (Å²) in [4.78, 5) is 0. The topological polar surface area (TPSA) is 30.5 Å². The van der Waals surface area contributed by atoms with Crippen molar-refractivity contribution < 1.29 is 9.47 Å². The van der Waals surface area contributed by atoms with Crippen LogP contribution in [0.1, 0.15) is 47.5 Å². The number of hydrogen-bond acceptors (Lipinski definition) is 3. The SMILES string of the molecule is CCNC(CC)C(C)OCCC(C)(C)OC. The number of methoxy groups -OCH3 is 1. The molecule has 0 aliphatic rings. The molecule has 98 valence electrons. The van der Waals surface area contributed by atoms with E-state index in [0.717, 1.165) is 26.0 Å². The highest BCUT2D eigenvalue weighted by Crippen LogP contribution is 2.14. The maximum absolute atomic E-state index is 5.84. The van der Waals surface area contributed by atoms with Gasteiger partial charge in [0.2, 0.25) is 0 Å². The zero-order valence-electron chi connectivity index (χ0n) is 11.8. The average molecular weight is 231 g/mol. The molecule has 0 radical (unpaired) electrons. The zero-order valence-corrected chi connectivity index (χ0v) is 11.8. The average Bonchev–Trinajstić information content (AvgIpc) is 2.25. The monoisotopic (exact) mass is 231 g/mol. The van der Waals surface area contributed by atoms with Crippen LogP contribution in [0.5, 0.6) is 0 Å². The maximum Gasteiger partial charge on any atom is 0.0699 e. The highest BCUT2D eigenvalue weighted by molar-refractivity contribution is 4.73. The first kappa shape index (κ1) is 15.9. The van der Waals surface area contributed by atoms with Gasteiger partial charge in [0, 0.05) is 19.8 Å². The minimum absolute atomic E-state index is 0.0837. The van der Waals surface area contributed by atoms with Crippen LogP contribution in [0.3, 0.4) is 0 Å². The summed E-state index contributed by atoms with van der Waals surface area (Å²) in [5.41, 5.74) is -0.0837. The molecule has 2 unspecified atom stereocenters. The van der Waals surface area contributed by atoms with Gasteiger partial charge in [-0.15, -0.1) is 0 Å². The van der Waals surface area contributed by atoms with Crippen molar-refractivity contribution in [1.29, 1.82) is 0 Å². The second-order valence-corrected chi connectivity index (χ2v) is 4.86. The fourth-order valence-electron chi connectivity index (χ4n) is 1.61. The van der Waals surface area contributed by atoms with Crippen LogP contribution in [-0.4, -0.2) is 38.0 Å². The molecular weight excluding hydrogens is 202 g/mol. The van der Waals surface area contributed by atoms with Crippen LogP contribution in [0.15, 0.2) is 0 Å². The van der Waals surface area contributed by atoms with E-state index in [-0.39, 0.29) is 11.7 Å². The van der Waals surface area contributed by atoms with Gasteiger partial charge in [0.25, 0.3) is 0 Å². The first-order valence-electron chi connectivity index (χ1n) is 6.37. The second kappa shape index (κ2) is 8.04. The van der Waals surface area contributed by atoms with E-state index in [1.54, 1.807) is 7.11 Å². The molecule has 0 amide bonds. The van der Waals surface area contributed by atoms with Crippen molar-refractivity contribution in [3.8, 4) is 0 Å². The minimum atomic E-state index is -0.0837. The predicted molar refractivity (Wildman–Crippen MR) is 68.9 cm³/mol. The van der Waals surface area contributed by atoms with Crippen molar-refractivity contribution in [3.63, 3.8) is 0 Å². The molecule has 0 spiro atoms. The van der Waals surface area contributed by atoms with Crippen LogP contribution in [-0.2, 0) is 9.47 Å². The number of hydrogen-bond donors (Lipinski definition) is 1. The van der Waals surface area contributed by atoms with Crippen LogP contribution in [0, 0.1) is 0 Å². The molecular formula is C13H29NO2. The highest BCUT2D eigenvalue weighted by Gasteiger charge is 2.19. The molecule has 0 saturated heterocycles. The lowest BCUT2D eigenvalue weighted by Crippen LogP contribution is -2.39. The molecule has 0 aromatic rings. The normalized spacial score (nSPS) is 16.1. The van der Waals surface area contributed by atoms with Gasteiger partial charge >= 0.3 is 0 Å². The fourth-order valence-corrected chi connectivity index (χ4v) is 1.61. The predicted octanol–water partition coefficient (Wildman–Crippen LogP) is 2.59. The second-order valence-electron chi connectivity index (χ2n) is 4.86. The molecule has 0 heterocycles. The van der Waals surface area contributed by atoms with Gasteiger partial charge in [0.1, 0.15) is 0 Å². The van der Waals surface area contributed by atoms with Gasteiger partial charge < -0.3 is 14.8 Å². The Morgan fingerprint density at radius 3 is 2.31 bits per heavy atom. The standard InChI is InChI=1S/C13H29NO2/c1-7-12(14-8-2)11(3)16-10-9-13(4,5)15-6/h11-12,14H,7-10H2,1-6H3. The van der Waals surface area contributed by atoms with Crippen LogP contribution in [0.4, 0.5) is 0 Å². The van der Waals surface area contributed by atoms with Crippen molar-refractivity contribution in [2.24, 2.45) is 0 Å². The molecule has 0 aromatic carbocycles. The third-order valence-electron chi connectivity index (χ3n) is 3.11. The molecule has 0 rings (SSSR count). The summed E-state index contributed by atoms with van der Waals surface area (Å²) < 4.78 is 11.2. The van der Waals surface area contributed by atoms with Crippen molar-refractivity contribution >= 4 is 0 Å². The quantitative estimate of drug-likeness (QED) is 0.661.